The molecule has 0 bridgehead atoms. The van der Waals surface area contributed by atoms with Crippen LogP contribution in [0.4, 0.5) is 10.5 Å². The standard InChI is InChI=1S/C24H24N2O7/c1-4-31-24(30)26-18-7-8-19-17(10-21(27)33-20(19)11-18)13-32-22(28)12-25-23(29)16-6-5-14(2)15(3)9-16/h5-11H,4,12-13H2,1-3H3,(H,25,29)(H,26,30). The van der Waals surface area contributed by atoms with Gasteiger partial charge in [0, 0.05) is 34.3 Å². The molecule has 172 valence electrons. The van der Waals surface area contributed by atoms with Crippen molar-refractivity contribution >= 4 is 34.6 Å². The maximum atomic E-state index is 12.2. The topological polar surface area (TPSA) is 124 Å². The Morgan fingerprint density at radius 1 is 0.970 bits per heavy atom. The van der Waals surface area contributed by atoms with Crippen LogP contribution in [0.2, 0.25) is 0 Å². The number of anilines is 1. The SMILES string of the molecule is CCOC(=O)Nc1ccc2c(COC(=O)CNC(=O)c3ccc(C)c(C)c3)cc(=O)oc2c1. The average molecular weight is 452 g/mol. The predicted molar refractivity (Wildman–Crippen MR) is 121 cm³/mol. The molecule has 33 heavy (non-hydrogen) atoms. The van der Waals surface area contributed by atoms with Gasteiger partial charge in [0.25, 0.3) is 5.91 Å². The number of nitrogens with one attached hydrogen (secondary N) is 2. The average Bonchev–Trinajstić information content (AvgIpc) is 2.77. The van der Waals surface area contributed by atoms with Gasteiger partial charge in [-0.05, 0) is 56.2 Å². The second-order valence-corrected chi connectivity index (χ2v) is 7.29. The van der Waals surface area contributed by atoms with Crippen molar-refractivity contribution < 1.29 is 28.3 Å². The van der Waals surface area contributed by atoms with Crippen molar-refractivity contribution in [2.45, 2.75) is 27.4 Å². The molecule has 0 aliphatic rings. The molecule has 0 spiro atoms. The molecule has 2 N–H and O–H groups in total. The first-order valence-corrected chi connectivity index (χ1v) is 10.3. The van der Waals surface area contributed by atoms with E-state index in [1.807, 2.05) is 19.9 Å². The van der Waals surface area contributed by atoms with Crippen LogP contribution in [0.3, 0.4) is 0 Å². The Hall–Kier alpha value is -4.14. The number of esters is 1. The van der Waals surface area contributed by atoms with E-state index in [1.54, 1.807) is 31.2 Å². The Morgan fingerprint density at radius 2 is 1.76 bits per heavy atom. The second-order valence-electron chi connectivity index (χ2n) is 7.29. The van der Waals surface area contributed by atoms with E-state index in [4.69, 9.17) is 13.9 Å². The molecular formula is C24H24N2O7. The fourth-order valence-electron chi connectivity index (χ4n) is 3.06. The van der Waals surface area contributed by atoms with Crippen LogP contribution in [0.1, 0.15) is 34.0 Å². The van der Waals surface area contributed by atoms with E-state index >= 15 is 0 Å². The molecule has 1 heterocycles. The van der Waals surface area contributed by atoms with E-state index in [2.05, 4.69) is 10.6 Å². The maximum absolute atomic E-state index is 12.2. The molecule has 1 aromatic heterocycles. The zero-order valence-corrected chi connectivity index (χ0v) is 18.5. The molecule has 0 aliphatic carbocycles. The van der Waals surface area contributed by atoms with Crippen LogP contribution in [0, 0.1) is 13.8 Å². The van der Waals surface area contributed by atoms with Crippen LogP contribution < -0.4 is 16.3 Å². The smallest absolute Gasteiger partial charge is 0.411 e. The normalized spacial score (nSPS) is 10.5. The molecule has 3 aromatic rings. The zero-order chi connectivity index (χ0) is 24.0. The lowest BCUT2D eigenvalue weighted by molar-refractivity contribution is -0.143. The third kappa shape index (κ3) is 6.19. The summed E-state index contributed by atoms with van der Waals surface area (Å²) in [6.07, 6.45) is -0.632. The van der Waals surface area contributed by atoms with Gasteiger partial charge in [-0.1, -0.05) is 6.07 Å². The highest BCUT2D eigenvalue weighted by atomic mass is 16.5. The lowest BCUT2D eigenvalue weighted by Crippen LogP contribution is -2.30. The molecule has 9 nitrogen and oxygen atoms in total. The van der Waals surface area contributed by atoms with Crippen molar-refractivity contribution in [1.29, 1.82) is 0 Å². The van der Waals surface area contributed by atoms with E-state index < -0.39 is 17.7 Å². The molecule has 0 radical (unpaired) electrons. The molecule has 0 saturated heterocycles. The minimum atomic E-state index is -0.658. The third-order valence-electron chi connectivity index (χ3n) is 4.90. The van der Waals surface area contributed by atoms with Crippen LogP contribution in [0.15, 0.2) is 51.7 Å². The van der Waals surface area contributed by atoms with E-state index in [0.29, 0.717) is 22.2 Å². The molecule has 0 unspecified atom stereocenters. The predicted octanol–water partition coefficient (Wildman–Crippen LogP) is 3.45. The lowest BCUT2D eigenvalue weighted by atomic mass is 10.1. The molecule has 0 saturated carbocycles. The van der Waals surface area contributed by atoms with Crippen molar-refractivity contribution in [3.05, 3.63) is 75.1 Å². The molecular weight excluding hydrogens is 428 g/mol. The van der Waals surface area contributed by atoms with Gasteiger partial charge in [-0.3, -0.25) is 14.9 Å². The van der Waals surface area contributed by atoms with Crippen molar-refractivity contribution in [2.75, 3.05) is 18.5 Å². The van der Waals surface area contributed by atoms with Gasteiger partial charge in [-0.15, -0.1) is 0 Å². The van der Waals surface area contributed by atoms with Crippen LogP contribution in [0.5, 0.6) is 0 Å². The van der Waals surface area contributed by atoms with Gasteiger partial charge >= 0.3 is 17.7 Å². The number of carbonyl (C=O) groups is 3. The summed E-state index contributed by atoms with van der Waals surface area (Å²) in [7, 11) is 0. The van der Waals surface area contributed by atoms with Gasteiger partial charge in [0.2, 0.25) is 0 Å². The maximum Gasteiger partial charge on any atom is 0.411 e. The van der Waals surface area contributed by atoms with Crippen molar-refractivity contribution in [3.8, 4) is 0 Å². The first-order chi connectivity index (χ1) is 15.8. The first-order valence-electron chi connectivity index (χ1n) is 10.3. The summed E-state index contributed by atoms with van der Waals surface area (Å²) in [4.78, 5) is 47.9. The molecule has 2 aromatic carbocycles. The molecule has 3 rings (SSSR count). The number of ether oxygens (including phenoxy) is 2. The number of rotatable bonds is 7. The van der Waals surface area contributed by atoms with Crippen LogP contribution >= 0.6 is 0 Å². The van der Waals surface area contributed by atoms with Crippen LogP contribution in [0.25, 0.3) is 11.0 Å². The molecule has 0 aliphatic heterocycles. The summed E-state index contributed by atoms with van der Waals surface area (Å²) >= 11 is 0. The number of hydrogen-bond donors (Lipinski definition) is 2. The fourth-order valence-corrected chi connectivity index (χ4v) is 3.06. The number of hydrogen-bond acceptors (Lipinski definition) is 7. The molecule has 0 atom stereocenters. The molecule has 9 heteroatoms. The van der Waals surface area contributed by atoms with E-state index in [0.717, 1.165) is 11.1 Å². The van der Waals surface area contributed by atoms with Gasteiger partial charge in [0.1, 0.15) is 18.7 Å². The Kier molecular flexibility index (Phi) is 7.45. The van der Waals surface area contributed by atoms with E-state index in [9.17, 15) is 19.2 Å². The third-order valence-corrected chi connectivity index (χ3v) is 4.90. The van der Waals surface area contributed by atoms with Crippen LogP contribution in [-0.2, 0) is 20.9 Å². The summed E-state index contributed by atoms with van der Waals surface area (Å²) < 4.78 is 15.2. The van der Waals surface area contributed by atoms with Gasteiger partial charge in [0.05, 0.1) is 6.61 Å². The Morgan fingerprint density at radius 3 is 2.48 bits per heavy atom. The van der Waals surface area contributed by atoms with E-state index in [-0.39, 0.29) is 31.2 Å². The summed E-state index contributed by atoms with van der Waals surface area (Å²) in [6, 6.07) is 11.2. The Bertz CT molecular complexity index is 1260. The number of benzene rings is 2. The Balaban J connectivity index is 1.63. The highest BCUT2D eigenvalue weighted by Crippen LogP contribution is 2.22. The number of fused-ring (bicyclic) bond motifs is 1. The largest absolute Gasteiger partial charge is 0.459 e. The van der Waals surface area contributed by atoms with Gasteiger partial charge < -0.3 is 19.2 Å². The minimum Gasteiger partial charge on any atom is -0.459 e. The number of aryl methyl sites for hydroxylation is 2. The second kappa shape index (κ2) is 10.4. The Labute approximate surface area is 189 Å². The highest BCUT2D eigenvalue weighted by molar-refractivity contribution is 5.96. The minimum absolute atomic E-state index is 0.189. The molecule has 2 amide bonds. The first kappa shape index (κ1) is 23.5. The van der Waals surface area contributed by atoms with Gasteiger partial charge in [-0.2, -0.15) is 0 Å². The summed E-state index contributed by atoms with van der Waals surface area (Å²) in [5.41, 5.74) is 2.88. The summed E-state index contributed by atoms with van der Waals surface area (Å²) in [5.74, 6) is -1.04. The van der Waals surface area contributed by atoms with Gasteiger partial charge in [0.15, 0.2) is 0 Å². The van der Waals surface area contributed by atoms with E-state index in [1.165, 1.54) is 12.1 Å². The number of amides is 2. The fraction of sp³-hybridized carbons (Fsp3) is 0.250. The van der Waals surface area contributed by atoms with Crippen molar-refractivity contribution in [3.63, 3.8) is 0 Å². The summed E-state index contributed by atoms with van der Waals surface area (Å²) in [5, 5.41) is 5.58. The van der Waals surface area contributed by atoms with Crippen molar-refractivity contribution in [1.82, 2.24) is 5.32 Å². The van der Waals surface area contributed by atoms with Crippen molar-refractivity contribution in [2.24, 2.45) is 0 Å². The number of carbonyl (C=O) groups excluding carboxylic acids is 3. The lowest BCUT2D eigenvalue weighted by Gasteiger charge is -2.10. The quantitative estimate of drug-likeness (QED) is 0.416. The van der Waals surface area contributed by atoms with Crippen LogP contribution in [-0.4, -0.2) is 31.1 Å². The molecule has 0 fully saturated rings. The monoisotopic (exact) mass is 452 g/mol. The summed E-state index contributed by atoms with van der Waals surface area (Å²) in [6.45, 7) is 5.23. The highest BCUT2D eigenvalue weighted by Gasteiger charge is 2.13. The zero-order valence-electron chi connectivity index (χ0n) is 18.5. The van der Waals surface area contributed by atoms with Gasteiger partial charge in [-0.25, -0.2) is 9.59 Å².